The molecule has 0 saturated heterocycles. The first-order valence-electron chi connectivity index (χ1n) is 5.25. The Bertz CT molecular complexity index is 592. The summed E-state index contributed by atoms with van der Waals surface area (Å²) in [6, 6.07) is 5.85. The van der Waals surface area contributed by atoms with Crippen LogP contribution in [0.15, 0.2) is 22.8 Å². The maximum absolute atomic E-state index is 5.37. The molecule has 0 atom stereocenters. The zero-order valence-electron chi connectivity index (χ0n) is 9.53. The van der Waals surface area contributed by atoms with Crippen LogP contribution >= 0.6 is 15.9 Å². The lowest BCUT2D eigenvalue weighted by Crippen LogP contribution is -1.92. The SMILES string of the molecule is Cc1nc(-c2ccc3c(c2)OCO3)c(Br)n1C. The van der Waals surface area contributed by atoms with Crippen LogP contribution in [0, 0.1) is 6.92 Å². The van der Waals surface area contributed by atoms with E-state index in [0.717, 1.165) is 33.2 Å². The van der Waals surface area contributed by atoms with Crippen LogP contribution in [-0.4, -0.2) is 16.3 Å². The van der Waals surface area contributed by atoms with E-state index in [-0.39, 0.29) is 0 Å². The van der Waals surface area contributed by atoms with Crippen molar-refractivity contribution in [2.45, 2.75) is 6.92 Å². The van der Waals surface area contributed by atoms with Crippen molar-refractivity contribution in [3.63, 3.8) is 0 Å². The lowest BCUT2D eigenvalue weighted by molar-refractivity contribution is 0.174. The Balaban J connectivity index is 2.12. The van der Waals surface area contributed by atoms with Gasteiger partial charge in [0.15, 0.2) is 11.5 Å². The zero-order valence-corrected chi connectivity index (χ0v) is 11.1. The molecule has 0 amide bonds. The van der Waals surface area contributed by atoms with Crippen LogP contribution in [0.1, 0.15) is 5.82 Å². The fraction of sp³-hybridized carbons (Fsp3) is 0.250. The first-order valence-corrected chi connectivity index (χ1v) is 6.05. The molecule has 0 unspecified atom stereocenters. The number of aromatic nitrogens is 2. The highest BCUT2D eigenvalue weighted by Crippen LogP contribution is 2.37. The number of rotatable bonds is 1. The van der Waals surface area contributed by atoms with E-state index in [1.54, 1.807) is 0 Å². The average Bonchev–Trinajstić information content (AvgIpc) is 2.89. The Morgan fingerprint density at radius 3 is 2.76 bits per heavy atom. The second-order valence-corrected chi connectivity index (χ2v) is 4.68. The fourth-order valence-electron chi connectivity index (χ4n) is 1.81. The minimum atomic E-state index is 0.293. The molecule has 0 aliphatic carbocycles. The summed E-state index contributed by atoms with van der Waals surface area (Å²) in [7, 11) is 1.98. The van der Waals surface area contributed by atoms with Gasteiger partial charge < -0.3 is 14.0 Å². The molecule has 0 fully saturated rings. The third kappa shape index (κ3) is 1.61. The van der Waals surface area contributed by atoms with Crippen LogP contribution in [0.5, 0.6) is 11.5 Å². The second kappa shape index (κ2) is 3.77. The molecule has 2 heterocycles. The maximum atomic E-state index is 5.37. The van der Waals surface area contributed by atoms with Crippen LogP contribution in [0.3, 0.4) is 0 Å². The minimum absolute atomic E-state index is 0.293. The van der Waals surface area contributed by atoms with Crippen molar-refractivity contribution in [1.29, 1.82) is 0 Å². The van der Waals surface area contributed by atoms with Gasteiger partial charge in [-0.15, -0.1) is 0 Å². The highest BCUT2D eigenvalue weighted by Gasteiger charge is 2.17. The number of halogens is 1. The van der Waals surface area contributed by atoms with Gasteiger partial charge in [0.25, 0.3) is 0 Å². The third-order valence-corrected chi connectivity index (χ3v) is 3.80. The molecular formula is C12H11BrN2O2. The summed E-state index contributed by atoms with van der Waals surface area (Å²) in [5.74, 6) is 2.53. The number of imidazole rings is 1. The molecule has 2 aromatic rings. The summed E-state index contributed by atoms with van der Waals surface area (Å²) < 4.78 is 13.6. The van der Waals surface area contributed by atoms with Gasteiger partial charge in [0, 0.05) is 12.6 Å². The number of hydrogen-bond acceptors (Lipinski definition) is 3. The van der Waals surface area contributed by atoms with Crippen molar-refractivity contribution in [3.05, 3.63) is 28.6 Å². The number of ether oxygens (including phenoxy) is 2. The van der Waals surface area contributed by atoms with E-state index in [9.17, 15) is 0 Å². The van der Waals surface area contributed by atoms with E-state index in [2.05, 4.69) is 20.9 Å². The number of fused-ring (bicyclic) bond motifs is 1. The maximum Gasteiger partial charge on any atom is 0.231 e. The highest BCUT2D eigenvalue weighted by atomic mass is 79.9. The second-order valence-electron chi connectivity index (χ2n) is 3.93. The van der Waals surface area contributed by atoms with Crippen LogP contribution in [0.2, 0.25) is 0 Å². The molecular weight excluding hydrogens is 284 g/mol. The van der Waals surface area contributed by atoms with Gasteiger partial charge in [-0.25, -0.2) is 4.98 Å². The molecule has 4 nitrogen and oxygen atoms in total. The van der Waals surface area contributed by atoms with E-state index in [4.69, 9.17) is 9.47 Å². The van der Waals surface area contributed by atoms with Gasteiger partial charge in [0.05, 0.1) is 0 Å². The standard InChI is InChI=1S/C12H11BrN2O2/c1-7-14-11(12(13)15(7)2)8-3-4-9-10(5-8)17-6-16-9/h3-5H,6H2,1-2H3. The van der Waals surface area contributed by atoms with Gasteiger partial charge in [-0.2, -0.15) is 0 Å². The Labute approximate surface area is 107 Å². The summed E-state index contributed by atoms with van der Waals surface area (Å²) in [5, 5.41) is 0. The monoisotopic (exact) mass is 294 g/mol. The number of benzene rings is 1. The average molecular weight is 295 g/mol. The molecule has 1 aliphatic heterocycles. The van der Waals surface area contributed by atoms with Gasteiger partial charge in [-0.1, -0.05) is 0 Å². The Morgan fingerprint density at radius 2 is 2.06 bits per heavy atom. The molecule has 5 heteroatoms. The van der Waals surface area contributed by atoms with Crippen LogP contribution in [-0.2, 0) is 7.05 Å². The van der Waals surface area contributed by atoms with Crippen molar-refractivity contribution in [3.8, 4) is 22.8 Å². The van der Waals surface area contributed by atoms with E-state index in [1.807, 2.05) is 36.7 Å². The van der Waals surface area contributed by atoms with E-state index in [0.29, 0.717) is 6.79 Å². The Hall–Kier alpha value is -1.49. The first kappa shape index (κ1) is 10.7. The summed E-state index contributed by atoms with van der Waals surface area (Å²) in [5.41, 5.74) is 1.94. The predicted octanol–water partition coefficient (Wildman–Crippen LogP) is 2.89. The van der Waals surface area contributed by atoms with Gasteiger partial charge in [-0.05, 0) is 41.1 Å². The fourth-order valence-corrected chi connectivity index (χ4v) is 2.39. The molecule has 17 heavy (non-hydrogen) atoms. The molecule has 1 aromatic heterocycles. The Kier molecular flexibility index (Phi) is 2.36. The summed E-state index contributed by atoms with van der Waals surface area (Å²) in [6.45, 7) is 2.27. The number of nitrogens with zero attached hydrogens (tertiary/aromatic N) is 2. The smallest absolute Gasteiger partial charge is 0.231 e. The number of aryl methyl sites for hydroxylation is 1. The van der Waals surface area contributed by atoms with Crippen molar-refractivity contribution in [2.24, 2.45) is 7.05 Å². The normalized spacial score (nSPS) is 13.1. The van der Waals surface area contributed by atoms with Crippen LogP contribution in [0.4, 0.5) is 0 Å². The van der Waals surface area contributed by atoms with Gasteiger partial charge in [0.1, 0.15) is 16.1 Å². The summed E-state index contributed by atoms with van der Waals surface area (Å²) in [4.78, 5) is 4.53. The summed E-state index contributed by atoms with van der Waals surface area (Å²) >= 11 is 3.55. The molecule has 0 saturated carbocycles. The first-order chi connectivity index (χ1) is 8.16. The third-order valence-electron chi connectivity index (χ3n) is 2.89. The van der Waals surface area contributed by atoms with Gasteiger partial charge in [-0.3, -0.25) is 0 Å². The topological polar surface area (TPSA) is 36.3 Å². The molecule has 1 aromatic carbocycles. The Morgan fingerprint density at radius 1 is 1.29 bits per heavy atom. The van der Waals surface area contributed by atoms with Crippen molar-refractivity contribution < 1.29 is 9.47 Å². The lowest BCUT2D eigenvalue weighted by atomic mass is 10.1. The molecule has 88 valence electrons. The molecule has 1 aliphatic rings. The van der Waals surface area contributed by atoms with Crippen molar-refractivity contribution in [1.82, 2.24) is 9.55 Å². The largest absolute Gasteiger partial charge is 0.454 e. The van der Waals surface area contributed by atoms with Gasteiger partial charge in [0.2, 0.25) is 6.79 Å². The molecule has 3 rings (SSSR count). The van der Waals surface area contributed by atoms with Crippen molar-refractivity contribution >= 4 is 15.9 Å². The zero-order chi connectivity index (χ0) is 12.0. The quantitative estimate of drug-likeness (QED) is 0.811. The highest BCUT2D eigenvalue weighted by molar-refractivity contribution is 9.10. The van der Waals surface area contributed by atoms with Crippen LogP contribution < -0.4 is 9.47 Å². The van der Waals surface area contributed by atoms with E-state index < -0.39 is 0 Å². The van der Waals surface area contributed by atoms with Crippen LogP contribution in [0.25, 0.3) is 11.3 Å². The molecule has 0 spiro atoms. The minimum Gasteiger partial charge on any atom is -0.454 e. The predicted molar refractivity (Wildman–Crippen MR) is 67.2 cm³/mol. The molecule has 0 N–H and O–H groups in total. The molecule has 0 radical (unpaired) electrons. The van der Waals surface area contributed by atoms with E-state index in [1.165, 1.54) is 0 Å². The number of hydrogen-bond donors (Lipinski definition) is 0. The van der Waals surface area contributed by atoms with Crippen molar-refractivity contribution in [2.75, 3.05) is 6.79 Å². The summed E-state index contributed by atoms with van der Waals surface area (Å²) in [6.07, 6.45) is 0. The van der Waals surface area contributed by atoms with E-state index >= 15 is 0 Å². The lowest BCUT2D eigenvalue weighted by Gasteiger charge is -2.01. The van der Waals surface area contributed by atoms with Gasteiger partial charge >= 0.3 is 0 Å². The molecule has 0 bridgehead atoms.